The van der Waals surface area contributed by atoms with Crippen LogP contribution in [0.3, 0.4) is 0 Å². The van der Waals surface area contributed by atoms with Crippen molar-refractivity contribution < 1.29 is 23.9 Å². The summed E-state index contributed by atoms with van der Waals surface area (Å²) >= 11 is 0. The summed E-state index contributed by atoms with van der Waals surface area (Å²) in [5.41, 5.74) is 8.05. The van der Waals surface area contributed by atoms with Crippen LogP contribution in [0.15, 0.2) is 72.8 Å². The van der Waals surface area contributed by atoms with Gasteiger partial charge in [-0.25, -0.2) is 0 Å². The van der Waals surface area contributed by atoms with Crippen molar-refractivity contribution in [2.75, 3.05) is 38.6 Å². The number of rotatable bonds is 8. The van der Waals surface area contributed by atoms with Crippen molar-refractivity contribution >= 4 is 29.7 Å². The van der Waals surface area contributed by atoms with E-state index in [2.05, 4.69) is 5.32 Å². The van der Waals surface area contributed by atoms with Crippen molar-refractivity contribution in [2.24, 2.45) is 5.73 Å². The van der Waals surface area contributed by atoms with Crippen molar-refractivity contribution in [1.82, 2.24) is 9.80 Å². The molecule has 3 aromatic rings. The largest absolute Gasteiger partial charge is 0.484 e. The molecule has 0 aromatic heterocycles. The van der Waals surface area contributed by atoms with Gasteiger partial charge in [-0.3, -0.25) is 14.4 Å². The first-order chi connectivity index (χ1) is 17.9. The molecular formula is C28H28N4O5. The lowest BCUT2D eigenvalue weighted by Gasteiger charge is -2.39. The average Bonchev–Trinajstić information content (AvgIpc) is 2.95. The second-order valence-electron chi connectivity index (χ2n) is 8.56. The number of nitrogens with two attached hydrogens (primary N) is 1. The van der Waals surface area contributed by atoms with Crippen LogP contribution in [0.25, 0.3) is 11.1 Å². The second kappa shape index (κ2) is 11.4. The molecule has 190 valence electrons. The highest BCUT2D eigenvalue weighted by Gasteiger charge is 2.34. The molecule has 1 aliphatic heterocycles. The van der Waals surface area contributed by atoms with Gasteiger partial charge in [0.1, 0.15) is 18.1 Å². The Hall–Kier alpha value is -4.66. The number of nitrogens with zero attached hydrogens (tertiary/aromatic N) is 2. The molecule has 37 heavy (non-hydrogen) atoms. The molecule has 0 spiro atoms. The molecule has 0 aliphatic carbocycles. The lowest BCUT2D eigenvalue weighted by Crippen LogP contribution is -2.57. The Bertz CT molecular complexity index is 1310. The highest BCUT2D eigenvalue weighted by Crippen LogP contribution is 2.29. The van der Waals surface area contributed by atoms with Gasteiger partial charge in [0.15, 0.2) is 6.61 Å². The standard InChI is InChI=1S/C28H28N4O5/c1-30-25-12-11-19(22-9-5-6-10-23(22)27(29)35)15-24(25)28(36)32-14-13-31(16-20(32)17-33)26(34)18-37-21-7-3-2-4-8-21/h2-12,15,17,20,30H,13-14,16,18H2,1H3,(H2,29,35). The quantitative estimate of drug-likeness (QED) is 0.458. The number of piperazine rings is 1. The van der Waals surface area contributed by atoms with Gasteiger partial charge < -0.3 is 30.4 Å². The molecular weight excluding hydrogens is 472 g/mol. The number of hydrogen-bond acceptors (Lipinski definition) is 6. The third-order valence-electron chi connectivity index (χ3n) is 6.32. The van der Waals surface area contributed by atoms with Gasteiger partial charge in [0.2, 0.25) is 5.91 Å². The Balaban J connectivity index is 1.53. The lowest BCUT2D eigenvalue weighted by atomic mass is 9.96. The SMILES string of the molecule is CNc1ccc(-c2ccccc2C(N)=O)cc1C(=O)N1CCN(C(=O)COc2ccccc2)CC1C=O. The zero-order chi connectivity index (χ0) is 26.4. The Morgan fingerprint density at radius 2 is 1.73 bits per heavy atom. The van der Waals surface area contributed by atoms with E-state index in [4.69, 9.17) is 10.5 Å². The van der Waals surface area contributed by atoms with E-state index in [0.29, 0.717) is 40.0 Å². The fraction of sp³-hybridized carbons (Fsp3) is 0.214. The number of nitrogens with one attached hydrogen (secondary N) is 1. The smallest absolute Gasteiger partial charge is 0.260 e. The van der Waals surface area contributed by atoms with Crippen LogP contribution in [0.4, 0.5) is 5.69 Å². The first-order valence-corrected chi connectivity index (χ1v) is 11.9. The first-order valence-electron chi connectivity index (χ1n) is 11.9. The minimum atomic E-state index is -0.812. The van der Waals surface area contributed by atoms with Gasteiger partial charge in [-0.2, -0.15) is 0 Å². The zero-order valence-electron chi connectivity index (χ0n) is 20.4. The fourth-order valence-electron chi connectivity index (χ4n) is 4.37. The van der Waals surface area contributed by atoms with E-state index in [0.717, 1.165) is 0 Å². The van der Waals surface area contributed by atoms with Gasteiger partial charge >= 0.3 is 0 Å². The summed E-state index contributed by atoms with van der Waals surface area (Å²) in [6.07, 6.45) is 0.681. The van der Waals surface area contributed by atoms with Crippen LogP contribution < -0.4 is 15.8 Å². The Morgan fingerprint density at radius 3 is 2.43 bits per heavy atom. The Labute approximate surface area is 214 Å². The molecule has 1 atom stereocenters. The van der Waals surface area contributed by atoms with Crippen molar-refractivity contribution in [3.63, 3.8) is 0 Å². The number of primary amides is 1. The molecule has 0 radical (unpaired) electrons. The number of para-hydroxylation sites is 1. The predicted molar refractivity (Wildman–Crippen MR) is 139 cm³/mol. The average molecular weight is 501 g/mol. The Morgan fingerprint density at radius 1 is 1.00 bits per heavy atom. The molecule has 4 rings (SSSR count). The van der Waals surface area contributed by atoms with Crippen LogP contribution in [-0.4, -0.2) is 73.1 Å². The van der Waals surface area contributed by atoms with Crippen LogP contribution in [0.5, 0.6) is 5.75 Å². The van der Waals surface area contributed by atoms with Crippen LogP contribution >= 0.6 is 0 Å². The summed E-state index contributed by atoms with van der Waals surface area (Å²) in [7, 11) is 1.70. The summed E-state index contributed by atoms with van der Waals surface area (Å²) in [5.74, 6) is -0.607. The van der Waals surface area contributed by atoms with Crippen LogP contribution in [0, 0.1) is 0 Å². The van der Waals surface area contributed by atoms with E-state index < -0.39 is 11.9 Å². The first kappa shape index (κ1) is 25.4. The number of hydrogen-bond donors (Lipinski definition) is 2. The maximum Gasteiger partial charge on any atom is 0.260 e. The van der Waals surface area contributed by atoms with Crippen molar-refractivity contribution in [3.05, 3.63) is 83.9 Å². The maximum atomic E-state index is 13.6. The molecule has 1 fully saturated rings. The number of benzene rings is 3. The molecule has 1 unspecified atom stereocenters. The van der Waals surface area contributed by atoms with E-state index in [1.165, 1.54) is 9.80 Å². The van der Waals surface area contributed by atoms with Crippen LogP contribution in [0.2, 0.25) is 0 Å². The summed E-state index contributed by atoms with van der Waals surface area (Å²) in [6.45, 7) is 0.372. The van der Waals surface area contributed by atoms with E-state index in [-0.39, 0.29) is 38.1 Å². The van der Waals surface area contributed by atoms with Gasteiger partial charge in [0.25, 0.3) is 11.8 Å². The lowest BCUT2D eigenvalue weighted by molar-refractivity contribution is -0.136. The van der Waals surface area contributed by atoms with Gasteiger partial charge in [-0.1, -0.05) is 42.5 Å². The van der Waals surface area contributed by atoms with Gasteiger partial charge in [-0.15, -0.1) is 0 Å². The van der Waals surface area contributed by atoms with E-state index in [9.17, 15) is 19.2 Å². The molecule has 1 aliphatic rings. The maximum absolute atomic E-state index is 13.6. The van der Waals surface area contributed by atoms with E-state index in [1.54, 1.807) is 61.6 Å². The van der Waals surface area contributed by atoms with Crippen molar-refractivity contribution in [1.29, 1.82) is 0 Å². The summed E-state index contributed by atoms with van der Waals surface area (Å²) in [6, 6.07) is 20.3. The Kier molecular flexibility index (Phi) is 7.83. The molecule has 9 nitrogen and oxygen atoms in total. The van der Waals surface area contributed by atoms with E-state index in [1.807, 2.05) is 18.2 Å². The minimum absolute atomic E-state index is 0.0747. The van der Waals surface area contributed by atoms with Gasteiger partial charge in [-0.05, 0) is 41.5 Å². The summed E-state index contributed by atoms with van der Waals surface area (Å²) in [4.78, 5) is 53.3. The molecule has 3 amide bonds. The number of amides is 3. The normalized spacial score (nSPS) is 15.1. The van der Waals surface area contributed by atoms with Crippen molar-refractivity contribution in [3.8, 4) is 16.9 Å². The molecule has 1 heterocycles. The van der Waals surface area contributed by atoms with Crippen molar-refractivity contribution in [2.45, 2.75) is 6.04 Å². The number of ether oxygens (including phenoxy) is 1. The van der Waals surface area contributed by atoms with E-state index >= 15 is 0 Å². The third kappa shape index (κ3) is 5.61. The number of carbonyl (C=O) groups excluding carboxylic acids is 4. The summed E-state index contributed by atoms with van der Waals surface area (Å²) < 4.78 is 5.54. The molecule has 3 N–H and O–H groups in total. The predicted octanol–water partition coefficient (Wildman–Crippen LogP) is 2.43. The molecule has 1 saturated heterocycles. The fourth-order valence-corrected chi connectivity index (χ4v) is 4.37. The second-order valence-corrected chi connectivity index (χ2v) is 8.56. The van der Waals surface area contributed by atoms with Gasteiger partial charge in [0, 0.05) is 37.9 Å². The molecule has 3 aromatic carbocycles. The molecule has 0 saturated carbocycles. The minimum Gasteiger partial charge on any atom is -0.484 e. The zero-order valence-corrected chi connectivity index (χ0v) is 20.4. The van der Waals surface area contributed by atoms with Crippen LogP contribution in [-0.2, 0) is 9.59 Å². The number of aldehydes is 1. The highest BCUT2D eigenvalue weighted by atomic mass is 16.5. The monoisotopic (exact) mass is 500 g/mol. The number of carbonyl (C=O) groups is 4. The van der Waals surface area contributed by atoms with Gasteiger partial charge in [0.05, 0.1) is 5.56 Å². The highest BCUT2D eigenvalue weighted by molar-refractivity contribution is 6.04. The third-order valence-corrected chi connectivity index (χ3v) is 6.32. The molecule has 0 bridgehead atoms. The number of anilines is 1. The molecule has 9 heteroatoms. The van der Waals surface area contributed by atoms with Crippen LogP contribution in [0.1, 0.15) is 20.7 Å². The topological polar surface area (TPSA) is 122 Å². The summed E-state index contributed by atoms with van der Waals surface area (Å²) in [5, 5.41) is 3.02.